The zero-order valence-electron chi connectivity index (χ0n) is 14.7. The van der Waals surface area contributed by atoms with Gasteiger partial charge in [0.15, 0.2) is 12.4 Å². The molecule has 6 heteroatoms. The van der Waals surface area contributed by atoms with Crippen LogP contribution in [-0.4, -0.2) is 17.5 Å². The van der Waals surface area contributed by atoms with Gasteiger partial charge in [0.2, 0.25) is 0 Å². The summed E-state index contributed by atoms with van der Waals surface area (Å²) < 4.78 is 5.70. The van der Waals surface area contributed by atoms with Gasteiger partial charge in [-0.25, -0.2) is 4.98 Å². The van der Waals surface area contributed by atoms with E-state index >= 15 is 0 Å². The van der Waals surface area contributed by atoms with Gasteiger partial charge in [-0.1, -0.05) is 35.3 Å². The monoisotopic (exact) mass is 388 g/mol. The van der Waals surface area contributed by atoms with E-state index in [0.29, 0.717) is 21.3 Å². The van der Waals surface area contributed by atoms with Crippen LogP contribution in [0.15, 0.2) is 36.4 Å². The third-order valence-electron chi connectivity index (χ3n) is 3.99. The number of carbonyl (C=O) groups excluding carboxylic acids is 1. The fraction of sp³-hybridized carbons (Fsp3) is 0.200. The van der Waals surface area contributed by atoms with Crippen LogP contribution < -0.4 is 10.1 Å². The van der Waals surface area contributed by atoms with Crippen LogP contribution in [0.25, 0.3) is 10.9 Å². The molecule has 1 heterocycles. The molecule has 134 valence electrons. The van der Waals surface area contributed by atoms with E-state index in [4.69, 9.17) is 27.9 Å². The first kappa shape index (κ1) is 18.5. The van der Waals surface area contributed by atoms with E-state index in [2.05, 4.69) is 10.3 Å². The number of hydrogen-bond acceptors (Lipinski definition) is 3. The van der Waals surface area contributed by atoms with Crippen LogP contribution in [0.4, 0.5) is 5.69 Å². The number of carbonyl (C=O) groups is 1. The molecule has 3 aromatic rings. The first-order valence-corrected chi connectivity index (χ1v) is 8.86. The SMILES string of the molecule is Cc1ccc(C)c(NC(=O)COc2c(Cl)cc(Cl)c3ccc(C)nc23)c1. The number of amides is 1. The topological polar surface area (TPSA) is 51.2 Å². The molecule has 2 aromatic carbocycles. The number of aryl methyl sites for hydroxylation is 3. The fourth-order valence-electron chi connectivity index (χ4n) is 2.62. The molecule has 0 unspecified atom stereocenters. The van der Waals surface area contributed by atoms with Crippen LogP contribution in [-0.2, 0) is 4.79 Å². The van der Waals surface area contributed by atoms with Gasteiger partial charge in [0, 0.05) is 16.8 Å². The van der Waals surface area contributed by atoms with Gasteiger partial charge >= 0.3 is 0 Å². The highest BCUT2D eigenvalue weighted by atomic mass is 35.5. The summed E-state index contributed by atoms with van der Waals surface area (Å²) in [6.45, 7) is 5.59. The largest absolute Gasteiger partial charge is 0.480 e. The van der Waals surface area contributed by atoms with Gasteiger partial charge in [-0.15, -0.1) is 0 Å². The number of aromatic nitrogens is 1. The zero-order chi connectivity index (χ0) is 18.8. The van der Waals surface area contributed by atoms with Crippen LogP contribution in [0, 0.1) is 20.8 Å². The average molecular weight is 389 g/mol. The quantitative estimate of drug-likeness (QED) is 0.643. The Balaban J connectivity index is 1.82. The summed E-state index contributed by atoms with van der Waals surface area (Å²) >= 11 is 12.5. The van der Waals surface area contributed by atoms with E-state index < -0.39 is 0 Å². The van der Waals surface area contributed by atoms with E-state index in [-0.39, 0.29) is 12.5 Å². The molecule has 0 bridgehead atoms. The van der Waals surface area contributed by atoms with E-state index in [1.54, 1.807) is 6.07 Å². The minimum atomic E-state index is -0.273. The molecular formula is C20H18Cl2N2O2. The van der Waals surface area contributed by atoms with Gasteiger partial charge in [0.05, 0.1) is 10.0 Å². The lowest BCUT2D eigenvalue weighted by molar-refractivity contribution is -0.118. The Morgan fingerprint density at radius 3 is 2.62 bits per heavy atom. The lowest BCUT2D eigenvalue weighted by Gasteiger charge is -2.13. The molecule has 4 nitrogen and oxygen atoms in total. The van der Waals surface area contributed by atoms with Gasteiger partial charge in [0.25, 0.3) is 5.91 Å². The van der Waals surface area contributed by atoms with Gasteiger partial charge in [0.1, 0.15) is 5.52 Å². The Morgan fingerprint density at radius 1 is 1.08 bits per heavy atom. The zero-order valence-corrected chi connectivity index (χ0v) is 16.2. The third kappa shape index (κ3) is 3.92. The molecule has 0 fully saturated rings. The van der Waals surface area contributed by atoms with Crippen LogP contribution in [0.1, 0.15) is 16.8 Å². The summed E-state index contributed by atoms with van der Waals surface area (Å²) in [5.41, 5.74) is 4.16. The van der Waals surface area contributed by atoms with E-state index in [9.17, 15) is 4.79 Å². The predicted molar refractivity (Wildman–Crippen MR) is 107 cm³/mol. The highest BCUT2D eigenvalue weighted by molar-refractivity contribution is 6.39. The maximum absolute atomic E-state index is 12.3. The second-order valence-electron chi connectivity index (χ2n) is 6.17. The van der Waals surface area contributed by atoms with E-state index in [1.807, 2.05) is 51.1 Å². The summed E-state index contributed by atoms with van der Waals surface area (Å²) in [7, 11) is 0. The number of nitrogens with zero attached hydrogens (tertiary/aromatic N) is 1. The van der Waals surface area contributed by atoms with Crippen molar-refractivity contribution in [3.63, 3.8) is 0 Å². The van der Waals surface area contributed by atoms with Crippen molar-refractivity contribution in [1.82, 2.24) is 4.98 Å². The standard InChI is InChI=1S/C20H18Cl2N2O2/c1-11-4-5-12(2)17(8-11)24-18(25)10-26-20-16(22)9-15(21)14-7-6-13(3)23-19(14)20/h4-9H,10H2,1-3H3,(H,24,25). The molecule has 0 aliphatic rings. The minimum absolute atomic E-state index is 0.181. The molecule has 26 heavy (non-hydrogen) atoms. The molecule has 1 amide bonds. The number of rotatable bonds is 4. The van der Waals surface area contributed by atoms with Crippen molar-refractivity contribution in [3.8, 4) is 5.75 Å². The van der Waals surface area contributed by atoms with Crippen LogP contribution in [0.2, 0.25) is 10.0 Å². The molecule has 0 atom stereocenters. The van der Waals surface area contributed by atoms with Gasteiger partial charge in [-0.2, -0.15) is 0 Å². The highest BCUT2D eigenvalue weighted by Gasteiger charge is 2.15. The normalized spacial score (nSPS) is 10.8. The Kier molecular flexibility index (Phi) is 5.35. The molecule has 0 spiro atoms. The second-order valence-corrected chi connectivity index (χ2v) is 6.99. The first-order chi connectivity index (χ1) is 12.3. The maximum atomic E-state index is 12.3. The Hall–Kier alpha value is -2.30. The summed E-state index contributed by atoms with van der Waals surface area (Å²) in [5.74, 6) is 0.0800. The summed E-state index contributed by atoms with van der Waals surface area (Å²) in [6.07, 6.45) is 0. The third-order valence-corrected chi connectivity index (χ3v) is 4.59. The second kappa shape index (κ2) is 7.52. The smallest absolute Gasteiger partial charge is 0.262 e. The lowest BCUT2D eigenvalue weighted by atomic mass is 10.1. The van der Waals surface area contributed by atoms with Crippen molar-refractivity contribution >= 4 is 45.7 Å². The van der Waals surface area contributed by atoms with Gasteiger partial charge in [-0.3, -0.25) is 4.79 Å². The number of ether oxygens (including phenoxy) is 1. The van der Waals surface area contributed by atoms with Crippen LogP contribution in [0.3, 0.4) is 0 Å². The molecule has 0 aliphatic heterocycles. The number of anilines is 1. The van der Waals surface area contributed by atoms with Crippen LogP contribution in [0.5, 0.6) is 5.75 Å². The van der Waals surface area contributed by atoms with Gasteiger partial charge in [-0.05, 0) is 56.2 Å². The van der Waals surface area contributed by atoms with Crippen molar-refractivity contribution in [2.24, 2.45) is 0 Å². The molecule has 1 N–H and O–H groups in total. The molecule has 0 saturated heterocycles. The molecular weight excluding hydrogens is 371 g/mol. The Morgan fingerprint density at radius 2 is 1.85 bits per heavy atom. The molecule has 0 saturated carbocycles. The minimum Gasteiger partial charge on any atom is -0.480 e. The number of benzene rings is 2. The fourth-order valence-corrected chi connectivity index (χ4v) is 3.19. The highest BCUT2D eigenvalue weighted by Crippen LogP contribution is 2.37. The van der Waals surface area contributed by atoms with Crippen molar-refractivity contribution in [2.45, 2.75) is 20.8 Å². The van der Waals surface area contributed by atoms with Crippen molar-refractivity contribution in [3.05, 3.63) is 63.3 Å². The number of nitrogens with one attached hydrogen (secondary N) is 1. The maximum Gasteiger partial charge on any atom is 0.262 e. The molecule has 3 rings (SSSR count). The van der Waals surface area contributed by atoms with Crippen molar-refractivity contribution in [1.29, 1.82) is 0 Å². The molecule has 0 aliphatic carbocycles. The molecule has 1 aromatic heterocycles. The summed E-state index contributed by atoms with van der Waals surface area (Å²) in [5, 5.41) is 4.40. The molecule has 0 radical (unpaired) electrons. The van der Waals surface area contributed by atoms with Crippen molar-refractivity contribution in [2.75, 3.05) is 11.9 Å². The Labute approximate surface area is 162 Å². The number of halogens is 2. The first-order valence-electron chi connectivity index (χ1n) is 8.10. The summed E-state index contributed by atoms with van der Waals surface area (Å²) in [6, 6.07) is 11.2. The van der Waals surface area contributed by atoms with E-state index in [0.717, 1.165) is 27.9 Å². The van der Waals surface area contributed by atoms with Crippen molar-refractivity contribution < 1.29 is 9.53 Å². The lowest BCUT2D eigenvalue weighted by Crippen LogP contribution is -2.21. The summed E-state index contributed by atoms with van der Waals surface area (Å²) in [4.78, 5) is 16.8. The average Bonchev–Trinajstić information content (AvgIpc) is 2.57. The van der Waals surface area contributed by atoms with E-state index in [1.165, 1.54) is 0 Å². The number of hydrogen-bond donors (Lipinski definition) is 1. The number of pyridine rings is 1. The van der Waals surface area contributed by atoms with Gasteiger partial charge < -0.3 is 10.1 Å². The Bertz CT molecular complexity index is 1000. The number of fused-ring (bicyclic) bond motifs is 1. The predicted octanol–water partition coefficient (Wildman–Crippen LogP) is 5.48. The van der Waals surface area contributed by atoms with Crippen LogP contribution >= 0.6 is 23.2 Å².